The second-order valence-electron chi connectivity index (χ2n) is 6.26. The Morgan fingerprint density at radius 2 is 1.82 bits per heavy atom. The van der Waals surface area contributed by atoms with Gasteiger partial charge in [0.15, 0.2) is 0 Å². The van der Waals surface area contributed by atoms with E-state index in [4.69, 9.17) is 5.73 Å². The van der Waals surface area contributed by atoms with E-state index in [1.54, 1.807) is 0 Å². The SMILES string of the molecule is NCC1(N2CCCCC2)CCN2CCCC2C1. The summed E-state index contributed by atoms with van der Waals surface area (Å²) in [6, 6.07) is 0.842. The number of nitrogens with zero attached hydrogens (tertiary/aromatic N) is 2. The van der Waals surface area contributed by atoms with Crippen molar-refractivity contribution in [2.75, 3.05) is 32.7 Å². The minimum Gasteiger partial charge on any atom is -0.329 e. The molecule has 3 heteroatoms. The van der Waals surface area contributed by atoms with Gasteiger partial charge in [0.2, 0.25) is 0 Å². The van der Waals surface area contributed by atoms with Crippen LogP contribution in [0.4, 0.5) is 0 Å². The number of rotatable bonds is 2. The molecular formula is C14H27N3. The first-order valence-electron chi connectivity index (χ1n) is 7.53. The van der Waals surface area contributed by atoms with Gasteiger partial charge in [-0.25, -0.2) is 0 Å². The Morgan fingerprint density at radius 1 is 1.00 bits per heavy atom. The zero-order chi connectivity index (χ0) is 11.7. The Balaban J connectivity index is 1.72. The quantitative estimate of drug-likeness (QED) is 0.788. The highest BCUT2D eigenvalue weighted by Crippen LogP contribution is 2.37. The van der Waals surface area contributed by atoms with Crippen molar-refractivity contribution in [3.05, 3.63) is 0 Å². The molecule has 0 aromatic rings. The van der Waals surface area contributed by atoms with Gasteiger partial charge in [0.1, 0.15) is 0 Å². The molecular weight excluding hydrogens is 210 g/mol. The molecule has 0 saturated carbocycles. The molecule has 0 amide bonds. The third-order valence-electron chi connectivity index (χ3n) is 5.39. The van der Waals surface area contributed by atoms with Crippen molar-refractivity contribution in [1.29, 1.82) is 0 Å². The molecule has 0 spiro atoms. The maximum absolute atomic E-state index is 6.19. The lowest BCUT2D eigenvalue weighted by Crippen LogP contribution is -2.62. The van der Waals surface area contributed by atoms with Crippen LogP contribution in [0.2, 0.25) is 0 Å². The van der Waals surface area contributed by atoms with E-state index in [0.29, 0.717) is 5.54 Å². The Hall–Kier alpha value is -0.120. The molecule has 17 heavy (non-hydrogen) atoms. The molecule has 0 radical (unpaired) electrons. The van der Waals surface area contributed by atoms with Crippen LogP contribution >= 0.6 is 0 Å². The lowest BCUT2D eigenvalue weighted by Gasteiger charge is -2.51. The minimum atomic E-state index is 0.353. The highest BCUT2D eigenvalue weighted by atomic mass is 15.3. The molecule has 2 atom stereocenters. The van der Waals surface area contributed by atoms with Crippen LogP contribution in [0.1, 0.15) is 44.9 Å². The van der Waals surface area contributed by atoms with Crippen molar-refractivity contribution in [3.63, 3.8) is 0 Å². The van der Waals surface area contributed by atoms with Gasteiger partial charge in [-0.15, -0.1) is 0 Å². The van der Waals surface area contributed by atoms with Crippen LogP contribution in [-0.4, -0.2) is 54.1 Å². The van der Waals surface area contributed by atoms with Crippen molar-refractivity contribution in [3.8, 4) is 0 Å². The fourth-order valence-electron chi connectivity index (χ4n) is 4.28. The fraction of sp³-hybridized carbons (Fsp3) is 1.00. The van der Waals surface area contributed by atoms with E-state index in [9.17, 15) is 0 Å². The number of likely N-dealkylation sites (tertiary alicyclic amines) is 1. The molecule has 3 heterocycles. The molecule has 3 rings (SSSR count). The first-order chi connectivity index (χ1) is 8.34. The molecule has 3 fully saturated rings. The second-order valence-corrected chi connectivity index (χ2v) is 6.26. The molecule has 0 aliphatic carbocycles. The topological polar surface area (TPSA) is 32.5 Å². The normalized spacial score (nSPS) is 40.4. The summed E-state index contributed by atoms with van der Waals surface area (Å²) < 4.78 is 0. The smallest absolute Gasteiger partial charge is 0.0358 e. The highest BCUT2D eigenvalue weighted by Gasteiger charge is 2.44. The van der Waals surface area contributed by atoms with Gasteiger partial charge in [-0.2, -0.15) is 0 Å². The zero-order valence-electron chi connectivity index (χ0n) is 11.0. The summed E-state index contributed by atoms with van der Waals surface area (Å²) >= 11 is 0. The number of hydrogen-bond donors (Lipinski definition) is 1. The lowest BCUT2D eigenvalue weighted by molar-refractivity contribution is -0.000466. The van der Waals surface area contributed by atoms with Crippen molar-refractivity contribution in [2.24, 2.45) is 5.73 Å². The molecule has 3 aliphatic rings. The predicted molar refractivity (Wildman–Crippen MR) is 71.0 cm³/mol. The molecule has 0 bridgehead atoms. The van der Waals surface area contributed by atoms with Gasteiger partial charge >= 0.3 is 0 Å². The Bertz CT molecular complexity index is 262. The van der Waals surface area contributed by atoms with Crippen LogP contribution in [0.25, 0.3) is 0 Å². The molecule has 0 aromatic carbocycles. The maximum Gasteiger partial charge on any atom is 0.0358 e. The van der Waals surface area contributed by atoms with Crippen molar-refractivity contribution < 1.29 is 0 Å². The summed E-state index contributed by atoms with van der Waals surface area (Å²) in [4.78, 5) is 5.45. The summed E-state index contributed by atoms with van der Waals surface area (Å²) in [5.74, 6) is 0. The van der Waals surface area contributed by atoms with Gasteiger partial charge < -0.3 is 10.6 Å². The van der Waals surface area contributed by atoms with E-state index in [1.807, 2.05) is 0 Å². The van der Waals surface area contributed by atoms with Crippen LogP contribution in [0.5, 0.6) is 0 Å². The van der Waals surface area contributed by atoms with E-state index < -0.39 is 0 Å². The lowest BCUT2D eigenvalue weighted by atomic mass is 9.80. The molecule has 3 saturated heterocycles. The first kappa shape index (κ1) is 11.9. The highest BCUT2D eigenvalue weighted by molar-refractivity contribution is 5.02. The molecule has 0 aromatic heterocycles. The number of nitrogens with two attached hydrogens (primary N) is 1. The fourth-order valence-corrected chi connectivity index (χ4v) is 4.28. The summed E-state index contributed by atoms with van der Waals surface area (Å²) in [5, 5.41) is 0. The van der Waals surface area contributed by atoms with Gasteiger partial charge in [0.25, 0.3) is 0 Å². The number of hydrogen-bond acceptors (Lipinski definition) is 3. The summed E-state index contributed by atoms with van der Waals surface area (Å²) in [6.45, 7) is 6.09. The Kier molecular flexibility index (Phi) is 3.42. The average molecular weight is 237 g/mol. The van der Waals surface area contributed by atoms with E-state index in [2.05, 4.69) is 9.80 Å². The zero-order valence-corrected chi connectivity index (χ0v) is 11.0. The van der Waals surface area contributed by atoms with Gasteiger partial charge in [-0.05, 0) is 58.2 Å². The Labute approximate surface area is 105 Å². The summed E-state index contributed by atoms with van der Waals surface area (Å²) in [5.41, 5.74) is 6.54. The predicted octanol–water partition coefficient (Wildman–Crippen LogP) is 1.43. The second kappa shape index (κ2) is 4.87. The van der Waals surface area contributed by atoms with Gasteiger partial charge in [-0.1, -0.05) is 6.42 Å². The van der Waals surface area contributed by atoms with Crippen molar-refractivity contribution in [1.82, 2.24) is 9.80 Å². The van der Waals surface area contributed by atoms with E-state index >= 15 is 0 Å². The molecule has 3 nitrogen and oxygen atoms in total. The van der Waals surface area contributed by atoms with Crippen LogP contribution in [-0.2, 0) is 0 Å². The van der Waals surface area contributed by atoms with Gasteiger partial charge in [-0.3, -0.25) is 4.90 Å². The van der Waals surface area contributed by atoms with Crippen LogP contribution < -0.4 is 5.73 Å². The first-order valence-corrected chi connectivity index (χ1v) is 7.53. The third-order valence-corrected chi connectivity index (χ3v) is 5.39. The molecule has 2 N–H and O–H groups in total. The van der Waals surface area contributed by atoms with Crippen LogP contribution in [0.3, 0.4) is 0 Å². The van der Waals surface area contributed by atoms with Crippen molar-refractivity contribution >= 4 is 0 Å². The van der Waals surface area contributed by atoms with E-state index in [1.165, 1.54) is 71.1 Å². The van der Waals surface area contributed by atoms with E-state index in [0.717, 1.165) is 12.6 Å². The third kappa shape index (κ3) is 2.13. The minimum absolute atomic E-state index is 0.353. The summed E-state index contributed by atoms with van der Waals surface area (Å²) in [6.07, 6.45) is 9.66. The molecule has 98 valence electrons. The molecule has 2 unspecified atom stereocenters. The van der Waals surface area contributed by atoms with Gasteiger partial charge in [0, 0.05) is 24.7 Å². The van der Waals surface area contributed by atoms with Crippen LogP contribution in [0, 0.1) is 0 Å². The summed E-state index contributed by atoms with van der Waals surface area (Å²) in [7, 11) is 0. The largest absolute Gasteiger partial charge is 0.329 e. The average Bonchev–Trinajstić information content (AvgIpc) is 2.86. The van der Waals surface area contributed by atoms with E-state index in [-0.39, 0.29) is 0 Å². The Morgan fingerprint density at radius 3 is 2.59 bits per heavy atom. The maximum atomic E-state index is 6.19. The molecule has 3 aliphatic heterocycles. The number of fused-ring (bicyclic) bond motifs is 1. The van der Waals surface area contributed by atoms with Crippen molar-refractivity contribution in [2.45, 2.75) is 56.5 Å². The van der Waals surface area contributed by atoms with Gasteiger partial charge in [0.05, 0.1) is 0 Å². The standard InChI is InChI=1S/C14H27N3/c15-12-14(17-8-2-1-3-9-17)6-10-16-7-4-5-13(16)11-14/h13H,1-12,15H2. The monoisotopic (exact) mass is 237 g/mol. The van der Waals surface area contributed by atoms with Crippen LogP contribution in [0.15, 0.2) is 0 Å². The number of piperidine rings is 2.